The minimum Gasteiger partial charge on any atom is -0.273 e. The van der Waals surface area contributed by atoms with Gasteiger partial charge < -0.3 is 0 Å². The molecule has 1 aromatic heterocycles. The van der Waals surface area contributed by atoms with E-state index in [4.69, 9.17) is 0 Å². The molecular weight excluding hydrogens is 120 g/mol. The molecule has 0 radical (unpaired) electrons. The molecule has 50 valence electrons. The molecule has 0 bridgehead atoms. The van der Waals surface area contributed by atoms with Gasteiger partial charge in [0.15, 0.2) is 0 Å². The van der Waals surface area contributed by atoms with E-state index in [0.29, 0.717) is 0 Å². The van der Waals surface area contributed by atoms with Crippen LogP contribution in [0.5, 0.6) is 0 Å². The summed E-state index contributed by atoms with van der Waals surface area (Å²) in [6, 6.07) is 1.29. The number of carbonyl (C=O) groups excluding carboxylic acids is 1. The van der Waals surface area contributed by atoms with Crippen molar-refractivity contribution >= 4 is 5.91 Å². The van der Waals surface area contributed by atoms with Crippen molar-refractivity contribution in [3.05, 3.63) is 22.6 Å². The highest BCUT2D eigenvalue weighted by atomic mass is 16.2. The average Bonchev–Trinajstić information content (AvgIpc) is 2.14. The minimum absolute atomic E-state index is 0. The molecule has 0 aliphatic carbocycles. The van der Waals surface area contributed by atoms with Crippen LogP contribution in [0.4, 0.5) is 0 Å². The van der Waals surface area contributed by atoms with Gasteiger partial charge in [-0.25, -0.2) is 4.68 Å². The van der Waals surface area contributed by atoms with E-state index in [2.05, 4.69) is 5.10 Å². The normalized spacial score (nSPS) is 9.44. The van der Waals surface area contributed by atoms with Gasteiger partial charge in [-0.2, -0.15) is 0 Å². The van der Waals surface area contributed by atoms with Gasteiger partial charge in [-0.15, -0.1) is 0 Å². The van der Waals surface area contributed by atoms with Crippen LogP contribution in [-0.2, 0) is 0 Å². The Labute approximate surface area is 52.6 Å². The van der Waals surface area contributed by atoms with E-state index < -0.39 is 0 Å². The van der Waals surface area contributed by atoms with Gasteiger partial charge in [0.05, 0.1) is 0 Å². The second-order valence-corrected chi connectivity index (χ2v) is 1.68. The van der Waals surface area contributed by atoms with Gasteiger partial charge in [0.25, 0.3) is 5.56 Å². The Morgan fingerprint density at radius 3 is 2.78 bits per heavy atom. The summed E-state index contributed by atoms with van der Waals surface area (Å²) >= 11 is 0. The summed E-state index contributed by atoms with van der Waals surface area (Å²) in [6.45, 7) is 1.37. The van der Waals surface area contributed by atoms with Crippen LogP contribution < -0.4 is 5.56 Å². The fourth-order valence-electron chi connectivity index (χ4n) is 0.519. The molecule has 0 aliphatic heterocycles. The Balaban J connectivity index is 0.000000810. The molecule has 9 heavy (non-hydrogen) atoms. The first-order chi connectivity index (χ1) is 4.20. The zero-order valence-corrected chi connectivity index (χ0v) is 4.92. The van der Waals surface area contributed by atoms with Crippen molar-refractivity contribution in [1.82, 2.24) is 9.78 Å². The van der Waals surface area contributed by atoms with E-state index in [1.165, 1.54) is 19.2 Å². The van der Waals surface area contributed by atoms with Crippen LogP contribution in [0.1, 0.15) is 13.1 Å². The van der Waals surface area contributed by atoms with Gasteiger partial charge in [-0.05, 0) is 0 Å². The van der Waals surface area contributed by atoms with Crippen LogP contribution in [-0.4, -0.2) is 15.7 Å². The van der Waals surface area contributed by atoms with Crippen LogP contribution in [0.2, 0.25) is 0 Å². The fraction of sp³-hybridized carbons (Fsp3) is 0.200. The standard InChI is InChI=1S/C5H6N2O2.H2/c1-4(8)7-3-2-5(9)6-7;/h2-3H,1H3,(H,6,9);1H. The third-order valence-corrected chi connectivity index (χ3v) is 0.945. The number of hydrogen-bond donors (Lipinski definition) is 1. The smallest absolute Gasteiger partial charge is 0.264 e. The molecule has 1 heterocycles. The van der Waals surface area contributed by atoms with E-state index in [9.17, 15) is 9.59 Å². The minimum atomic E-state index is -0.259. The lowest BCUT2D eigenvalue weighted by Crippen LogP contribution is -2.10. The first-order valence-electron chi connectivity index (χ1n) is 2.49. The molecule has 0 spiro atoms. The van der Waals surface area contributed by atoms with Crippen molar-refractivity contribution < 1.29 is 6.22 Å². The first kappa shape index (κ1) is 5.81. The third kappa shape index (κ3) is 1.07. The van der Waals surface area contributed by atoms with Gasteiger partial charge in [0.1, 0.15) is 0 Å². The van der Waals surface area contributed by atoms with E-state index >= 15 is 0 Å². The number of H-pyrrole nitrogens is 1. The van der Waals surface area contributed by atoms with Crippen molar-refractivity contribution in [3.8, 4) is 0 Å². The molecule has 0 aliphatic rings. The van der Waals surface area contributed by atoms with Crippen molar-refractivity contribution in [2.45, 2.75) is 6.92 Å². The highest BCUT2D eigenvalue weighted by molar-refractivity contribution is 5.74. The summed E-state index contributed by atoms with van der Waals surface area (Å²) in [4.78, 5) is 20.8. The Morgan fingerprint density at radius 1 is 1.89 bits per heavy atom. The average molecular weight is 128 g/mol. The number of hydrogen-bond acceptors (Lipinski definition) is 2. The fourth-order valence-corrected chi connectivity index (χ4v) is 0.519. The van der Waals surface area contributed by atoms with Crippen LogP contribution >= 0.6 is 0 Å². The quantitative estimate of drug-likeness (QED) is 0.538. The lowest BCUT2D eigenvalue weighted by atomic mass is 10.7. The van der Waals surface area contributed by atoms with Crippen LogP contribution in [0.15, 0.2) is 17.1 Å². The Morgan fingerprint density at radius 2 is 2.56 bits per heavy atom. The molecule has 1 N–H and O–H groups in total. The van der Waals surface area contributed by atoms with E-state index in [-0.39, 0.29) is 12.9 Å². The maximum absolute atomic E-state index is 10.5. The highest BCUT2D eigenvalue weighted by Gasteiger charge is 1.93. The zero-order chi connectivity index (χ0) is 6.85. The molecular formula is C5H8N2O2. The van der Waals surface area contributed by atoms with Crippen molar-refractivity contribution in [1.29, 1.82) is 0 Å². The highest BCUT2D eigenvalue weighted by Crippen LogP contribution is 1.75. The number of nitrogens with zero attached hydrogens (tertiary/aromatic N) is 1. The zero-order valence-electron chi connectivity index (χ0n) is 4.92. The number of aromatic nitrogens is 2. The third-order valence-electron chi connectivity index (χ3n) is 0.945. The molecule has 1 rings (SSSR count). The number of rotatable bonds is 0. The number of aromatic amines is 1. The second-order valence-electron chi connectivity index (χ2n) is 1.68. The lowest BCUT2D eigenvalue weighted by Gasteiger charge is -1.89. The molecule has 0 saturated heterocycles. The van der Waals surface area contributed by atoms with Crippen LogP contribution in [0.3, 0.4) is 0 Å². The van der Waals surface area contributed by atoms with Gasteiger partial charge in [0, 0.05) is 20.6 Å². The molecule has 0 saturated carbocycles. The number of carbonyl (C=O) groups is 1. The molecule has 0 unspecified atom stereocenters. The van der Waals surface area contributed by atoms with E-state index in [1.807, 2.05) is 0 Å². The van der Waals surface area contributed by atoms with E-state index in [1.54, 1.807) is 0 Å². The lowest BCUT2D eigenvalue weighted by molar-refractivity contribution is 0.0920. The van der Waals surface area contributed by atoms with Crippen LogP contribution in [0, 0.1) is 0 Å². The van der Waals surface area contributed by atoms with E-state index in [0.717, 1.165) is 4.68 Å². The molecule has 0 amide bonds. The Hall–Kier alpha value is -1.32. The maximum atomic E-state index is 10.5. The van der Waals surface area contributed by atoms with Crippen molar-refractivity contribution in [2.24, 2.45) is 0 Å². The summed E-state index contributed by atoms with van der Waals surface area (Å²) in [7, 11) is 0. The topological polar surface area (TPSA) is 54.9 Å². The predicted molar refractivity (Wildman–Crippen MR) is 33.5 cm³/mol. The first-order valence-corrected chi connectivity index (χ1v) is 2.49. The Bertz CT molecular complexity index is 275. The van der Waals surface area contributed by atoms with Gasteiger partial charge >= 0.3 is 0 Å². The summed E-state index contributed by atoms with van der Waals surface area (Å²) < 4.78 is 1.13. The maximum Gasteiger partial charge on any atom is 0.264 e. The van der Waals surface area contributed by atoms with Crippen molar-refractivity contribution in [2.75, 3.05) is 0 Å². The van der Waals surface area contributed by atoms with Crippen LogP contribution in [0.25, 0.3) is 0 Å². The molecule has 0 fully saturated rings. The predicted octanol–water partition coefficient (Wildman–Crippen LogP) is 0.0825. The summed E-state index contributed by atoms with van der Waals surface area (Å²) in [6.07, 6.45) is 1.39. The monoisotopic (exact) mass is 128 g/mol. The SMILES string of the molecule is CC(=O)n1ccc(=O)[nH]1.[HH]. The molecule has 0 atom stereocenters. The van der Waals surface area contributed by atoms with Gasteiger partial charge in [-0.3, -0.25) is 14.7 Å². The van der Waals surface area contributed by atoms with Gasteiger partial charge in [0.2, 0.25) is 5.91 Å². The summed E-state index contributed by atoms with van der Waals surface area (Å²) in [5.74, 6) is -0.197. The molecule has 4 nitrogen and oxygen atoms in total. The molecule has 0 aromatic carbocycles. The molecule has 1 aromatic rings. The summed E-state index contributed by atoms with van der Waals surface area (Å²) in [5, 5.41) is 2.29. The second kappa shape index (κ2) is 1.89. The number of nitrogens with one attached hydrogen (secondary N) is 1. The largest absolute Gasteiger partial charge is 0.273 e. The van der Waals surface area contributed by atoms with Crippen molar-refractivity contribution in [3.63, 3.8) is 0 Å². The summed E-state index contributed by atoms with van der Waals surface area (Å²) in [5.41, 5.74) is -0.259. The van der Waals surface area contributed by atoms with Gasteiger partial charge in [-0.1, -0.05) is 0 Å². The molecule has 4 heteroatoms. The Kier molecular flexibility index (Phi) is 1.22.